The third-order valence-electron chi connectivity index (χ3n) is 3.48. The van der Waals surface area contributed by atoms with Crippen molar-refractivity contribution in [2.45, 2.75) is 52.2 Å². The number of imide groups is 1. The van der Waals surface area contributed by atoms with Gasteiger partial charge in [-0.1, -0.05) is 13.8 Å². The summed E-state index contributed by atoms with van der Waals surface area (Å²) in [5, 5.41) is 4.87. The van der Waals surface area contributed by atoms with Gasteiger partial charge in [-0.2, -0.15) is 0 Å². The van der Waals surface area contributed by atoms with Crippen LogP contribution in [0.3, 0.4) is 0 Å². The minimum absolute atomic E-state index is 0.0447. The molecule has 0 aromatic carbocycles. The number of hydrogen-bond acceptors (Lipinski definition) is 5. The first-order valence-electron chi connectivity index (χ1n) is 7.33. The minimum Gasteiger partial charge on any atom is -0.346 e. The number of hydrogen-bond donors (Lipinski definition) is 3. The number of nitrogens with one attached hydrogen (secondary N) is 2. The fourth-order valence-corrected chi connectivity index (χ4v) is 2.14. The number of amides is 4. The van der Waals surface area contributed by atoms with Gasteiger partial charge in [0.15, 0.2) is 0 Å². The lowest BCUT2D eigenvalue weighted by Crippen LogP contribution is -2.50. The van der Waals surface area contributed by atoms with Crippen LogP contribution in [-0.2, 0) is 19.2 Å². The highest BCUT2D eigenvalue weighted by Gasteiger charge is 2.40. The van der Waals surface area contributed by atoms with Crippen LogP contribution in [0, 0.1) is 5.92 Å². The van der Waals surface area contributed by atoms with Gasteiger partial charge in [0.05, 0.1) is 19.0 Å². The molecule has 1 heterocycles. The molecule has 2 atom stereocenters. The van der Waals surface area contributed by atoms with Gasteiger partial charge < -0.3 is 16.4 Å². The molecule has 1 fully saturated rings. The van der Waals surface area contributed by atoms with Gasteiger partial charge in [-0.25, -0.2) is 0 Å². The highest BCUT2D eigenvalue weighted by atomic mass is 16.2. The summed E-state index contributed by atoms with van der Waals surface area (Å²) in [6.07, 6.45) is -0.0534. The monoisotopic (exact) mass is 312 g/mol. The second-order valence-electron chi connectivity index (χ2n) is 6.01. The summed E-state index contributed by atoms with van der Waals surface area (Å²) in [4.78, 5) is 48.3. The molecule has 8 nitrogen and oxygen atoms in total. The lowest BCUT2D eigenvalue weighted by Gasteiger charge is -2.19. The SMILES string of the molecule is CC(C)[C@H](N)C(=O)NCC(=O)NC1CC(=O)N(C(C)C)C1=O. The molecule has 0 spiro atoms. The number of carbonyl (C=O) groups is 4. The Hall–Kier alpha value is -1.96. The molecule has 1 unspecified atom stereocenters. The summed E-state index contributed by atoms with van der Waals surface area (Å²) in [6, 6.07) is -1.80. The van der Waals surface area contributed by atoms with Gasteiger partial charge in [-0.3, -0.25) is 24.1 Å². The summed E-state index contributed by atoms with van der Waals surface area (Å²) in [5.41, 5.74) is 5.65. The Bertz CT molecular complexity index is 475. The van der Waals surface area contributed by atoms with Crippen molar-refractivity contribution in [2.24, 2.45) is 11.7 Å². The van der Waals surface area contributed by atoms with Crippen molar-refractivity contribution < 1.29 is 19.2 Å². The summed E-state index contributed by atoms with van der Waals surface area (Å²) in [6.45, 7) is 6.78. The Kier molecular flexibility index (Phi) is 6.04. The second-order valence-corrected chi connectivity index (χ2v) is 6.01. The average molecular weight is 312 g/mol. The van der Waals surface area contributed by atoms with Crippen LogP contribution in [-0.4, -0.2) is 53.2 Å². The van der Waals surface area contributed by atoms with Crippen molar-refractivity contribution in [3.8, 4) is 0 Å². The van der Waals surface area contributed by atoms with E-state index in [1.807, 2.05) is 0 Å². The Morgan fingerprint density at radius 2 is 1.86 bits per heavy atom. The van der Waals surface area contributed by atoms with Gasteiger partial charge in [0, 0.05) is 6.04 Å². The van der Waals surface area contributed by atoms with Gasteiger partial charge >= 0.3 is 0 Å². The van der Waals surface area contributed by atoms with E-state index in [0.717, 1.165) is 4.90 Å². The Morgan fingerprint density at radius 1 is 1.27 bits per heavy atom. The largest absolute Gasteiger partial charge is 0.346 e. The number of rotatable bonds is 6. The van der Waals surface area contributed by atoms with Crippen LogP contribution in [0.1, 0.15) is 34.1 Å². The standard InChI is InChI=1S/C14H24N4O4/c1-7(2)12(15)13(21)16-6-10(19)17-9-5-11(20)18(8(3)4)14(9)22/h7-9,12H,5-6,15H2,1-4H3,(H,16,21)(H,17,19)/t9?,12-/m0/s1. The first-order valence-corrected chi connectivity index (χ1v) is 7.33. The molecule has 1 aliphatic rings. The maximum Gasteiger partial charge on any atom is 0.252 e. The molecular formula is C14H24N4O4. The maximum atomic E-state index is 12.0. The van der Waals surface area contributed by atoms with E-state index in [1.165, 1.54) is 0 Å². The van der Waals surface area contributed by atoms with E-state index in [2.05, 4.69) is 10.6 Å². The predicted molar refractivity (Wildman–Crippen MR) is 79.4 cm³/mol. The van der Waals surface area contributed by atoms with Crippen molar-refractivity contribution in [2.75, 3.05) is 6.54 Å². The first kappa shape index (κ1) is 18.1. The lowest BCUT2D eigenvalue weighted by atomic mass is 10.1. The lowest BCUT2D eigenvalue weighted by molar-refractivity contribution is -0.141. The molecule has 0 bridgehead atoms. The number of nitrogens with zero attached hydrogens (tertiary/aromatic N) is 1. The second kappa shape index (κ2) is 7.35. The Morgan fingerprint density at radius 3 is 2.32 bits per heavy atom. The van der Waals surface area contributed by atoms with E-state index in [1.54, 1.807) is 27.7 Å². The summed E-state index contributed by atoms with van der Waals surface area (Å²) >= 11 is 0. The van der Waals surface area contributed by atoms with Gasteiger partial charge in [0.25, 0.3) is 5.91 Å². The highest BCUT2D eigenvalue weighted by molar-refractivity contribution is 6.07. The zero-order valence-corrected chi connectivity index (χ0v) is 13.4. The van der Waals surface area contributed by atoms with Gasteiger partial charge in [-0.15, -0.1) is 0 Å². The summed E-state index contributed by atoms with van der Waals surface area (Å²) in [7, 11) is 0. The smallest absolute Gasteiger partial charge is 0.252 e. The predicted octanol–water partition coefficient (Wildman–Crippen LogP) is -1.26. The molecule has 0 aromatic heterocycles. The van der Waals surface area contributed by atoms with E-state index in [9.17, 15) is 19.2 Å². The van der Waals surface area contributed by atoms with Crippen molar-refractivity contribution in [3.63, 3.8) is 0 Å². The Labute approximate surface area is 129 Å². The number of carbonyl (C=O) groups excluding carboxylic acids is 4. The molecule has 1 saturated heterocycles. The van der Waals surface area contributed by atoms with E-state index >= 15 is 0 Å². The van der Waals surface area contributed by atoms with Crippen LogP contribution in [0.2, 0.25) is 0 Å². The van der Waals surface area contributed by atoms with Crippen molar-refractivity contribution in [3.05, 3.63) is 0 Å². The van der Waals surface area contributed by atoms with E-state index in [0.29, 0.717) is 0 Å². The molecular weight excluding hydrogens is 288 g/mol. The van der Waals surface area contributed by atoms with E-state index < -0.39 is 29.8 Å². The third-order valence-corrected chi connectivity index (χ3v) is 3.48. The Balaban J connectivity index is 2.48. The van der Waals surface area contributed by atoms with Crippen LogP contribution >= 0.6 is 0 Å². The van der Waals surface area contributed by atoms with Gasteiger partial charge in [-0.05, 0) is 19.8 Å². The zero-order chi connectivity index (χ0) is 17.0. The van der Waals surface area contributed by atoms with Crippen molar-refractivity contribution >= 4 is 23.6 Å². The summed E-state index contributed by atoms with van der Waals surface area (Å²) in [5.74, 6) is -1.73. The van der Waals surface area contributed by atoms with Crippen LogP contribution < -0.4 is 16.4 Å². The zero-order valence-electron chi connectivity index (χ0n) is 13.4. The van der Waals surface area contributed by atoms with Crippen LogP contribution in [0.4, 0.5) is 0 Å². The molecule has 0 aliphatic carbocycles. The first-order chi connectivity index (χ1) is 10.1. The molecule has 8 heteroatoms. The fraction of sp³-hybridized carbons (Fsp3) is 0.714. The highest BCUT2D eigenvalue weighted by Crippen LogP contribution is 2.15. The topological polar surface area (TPSA) is 122 Å². The minimum atomic E-state index is -0.863. The summed E-state index contributed by atoms with van der Waals surface area (Å²) < 4.78 is 0. The molecule has 0 saturated carbocycles. The molecule has 22 heavy (non-hydrogen) atoms. The third kappa shape index (κ3) is 4.27. The molecule has 0 radical (unpaired) electrons. The van der Waals surface area contributed by atoms with E-state index in [-0.39, 0.29) is 30.8 Å². The van der Waals surface area contributed by atoms with Crippen molar-refractivity contribution in [1.82, 2.24) is 15.5 Å². The molecule has 124 valence electrons. The van der Waals surface area contributed by atoms with Crippen molar-refractivity contribution in [1.29, 1.82) is 0 Å². The average Bonchev–Trinajstić information content (AvgIpc) is 2.69. The van der Waals surface area contributed by atoms with Crippen LogP contribution in [0.5, 0.6) is 0 Å². The molecule has 1 aliphatic heterocycles. The quantitative estimate of drug-likeness (QED) is 0.528. The van der Waals surface area contributed by atoms with Crippen LogP contribution in [0.15, 0.2) is 0 Å². The van der Waals surface area contributed by atoms with Gasteiger partial charge in [0.2, 0.25) is 17.7 Å². The van der Waals surface area contributed by atoms with E-state index in [4.69, 9.17) is 5.73 Å². The molecule has 4 amide bonds. The normalized spacial score (nSPS) is 19.8. The van der Waals surface area contributed by atoms with Crippen LogP contribution in [0.25, 0.3) is 0 Å². The molecule has 0 aromatic rings. The molecule has 4 N–H and O–H groups in total. The van der Waals surface area contributed by atoms with Gasteiger partial charge in [0.1, 0.15) is 6.04 Å². The maximum absolute atomic E-state index is 12.0. The number of nitrogens with two attached hydrogens (primary N) is 1. The number of likely N-dealkylation sites (tertiary alicyclic amines) is 1. The fourth-order valence-electron chi connectivity index (χ4n) is 2.14. The molecule has 1 rings (SSSR count).